The molecule has 1 aliphatic heterocycles. The number of hydrogen-bond acceptors (Lipinski definition) is 2. The molecule has 0 bridgehead atoms. The summed E-state index contributed by atoms with van der Waals surface area (Å²) in [6, 6.07) is 13.4. The summed E-state index contributed by atoms with van der Waals surface area (Å²) in [6.45, 7) is 2.75. The molecule has 1 amide bonds. The Labute approximate surface area is 127 Å². The van der Waals surface area contributed by atoms with Crippen LogP contribution >= 0.6 is 23.4 Å². The Hall–Kier alpha value is -1.45. The van der Waals surface area contributed by atoms with E-state index in [1.54, 1.807) is 11.8 Å². The van der Waals surface area contributed by atoms with Crippen molar-refractivity contribution < 1.29 is 4.79 Å². The predicted molar refractivity (Wildman–Crippen MR) is 85.0 cm³/mol. The van der Waals surface area contributed by atoms with Crippen LogP contribution in [-0.4, -0.2) is 18.2 Å². The first-order valence-electron chi connectivity index (χ1n) is 6.46. The van der Waals surface area contributed by atoms with Gasteiger partial charge in [0.05, 0.1) is 5.69 Å². The number of fused-ring (bicyclic) bond motifs is 1. The van der Waals surface area contributed by atoms with Gasteiger partial charge in [-0.2, -0.15) is 0 Å². The van der Waals surface area contributed by atoms with Crippen LogP contribution in [0.4, 0.5) is 5.69 Å². The fourth-order valence-electron chi connectivity index (χ4n) is 2.26. The third kappa shape index (κ3) is 2.56. The highest BCUT2D eigenvalue weighted by molar-refractivity contribution is 7.99. The van der Waals surface area contributed by atoms with Crippen molar-refractivity contribution in [3.8, 4) is 0 Å². The maximum Gasteiger partial charge on any atom is 0.258 e. The lowest BCUT2D eigenvalue weighted by Gasteiger charge is -2.29. The molecular formula is C16H14ClNOS. The zero-order chi connectivity index (χ0) is 14.1. The van der Waals surface area contributed by atoms with Crippen molar-refractivity contribution in [2.24, 2.45) is 0 Å². The summed E-state index contributed by atoms with van der Waals surface area (Å²) in [7, 11) is 0. The molecular weight excluding hydrogens is 290 g/mol. The van der Waals surface area contributed by atoms with Crippen molar-refractivity contribution in [3.05, 3.63) is 58.6 Å². The molecule has 20 heavy (non-hydrogen) atoms. The largest absolute Gasteiger partial charge is 0.306 e. The highest BCUT2D eigenvalue weighted by atomic mass is 35.5. The molecule has 0 aliphatic carbocycles. The van der Waals surface area contributed by atoms with E-state index >= 15 is 0 Å². The highest BCUT2D eigenvalue weighted by Gasteiger charge is 2.24. The average molecular weight is 304 g/mol. The van der Waals surface area contributed by atoms with Crippen molar-refractivity contribution in [3.63, 3.8) is 0 Å². The quantitative estimate of drug-likeness (QED) is 0.778. The highest BCUT2D eigenvalue weighted by Crippen LogP contribution is 2.37. The van der Waals surface area contributed by atoms with Gasteiger partial charge in [-0.3, -0.25) is 4.79 Å². The summed E-state index contributed by atoms with van der Waals surface area (Å²) in [5, 5.41) is 0.709. The Morgan fingerprint density at radius 3 is 2.70 bits per heavy atom. The van der Waals surface area contributed by atoms with Crippen LogP contribution in [0.25, 0.3) is 0 Å². The van der Waals surface area contributed by atoms with E-state index in [4.69, 9.17) is 11.6 Å². The molecule has 0 saturated carbocycles. The molecule has 0 unspecified atom stereocenters. The predicted octanol–water partition coefficient (Wildman–Crippen LogP) is 4.40. The third-order valence-electron chi connectivity index (χ3n) is 3.33. The van der Waals surface area contributed by atoms with E-state index in [0.29, 0.717) is 5.02 Å². The third-order valence-corrected chi connectivity index (χ3v) is 4.59. The first-order valence-corrected chi connectivity index (χ1v) is 7.82. The number of aryl methyl sites for hydroxylation is 1. The monoisotopic (exact) mass is 303 g/mol. The molecule has 0 N–H and O–H groups in total. The fraction of sp³-hybridized carbons (Fsp3) is 0.188. The maximum absolute atomic E-state index is 12.6. The van der Waals surface area contributed by atoms with Gasteiger partial charge in [0.15, 0.2) is 0 Å². The topological polar surface area (TPSA) is 20.3 Å². The first-order chi connectivity index (χ1) is 9.65. The molecule has 2 aromatic rings. The molecule has 2 nitrogen and oxygen atoms in total. The molecule has 1 aliphatic rings. The van der Waals surface area contributed by atoms with Gasteiger partial charge in [-0.05, 0) is 37.3 Å². The number of thioether (sulfide) groups is 1. The molecule has 3 rings (SSSR count). The summed E-state index contributed by atoms with van der Waals surface area (Å²) in [6.07, 6.45) is 0. The van der Waals surface area contributed by atoms with Gasteiger partial charge in [-0.25, -0.2) is 0 Å². The van der Waals surface area contributed by atoms with Crippen molar-refractivity contribution in [1.29, 1.82) is 0 Å². The molecule has 0 radical (unpaired) electrons. The maximum atomic E-state index is 12.6. The number of carbonyl (C=O) groups is 1. The number of amides is 1. The van der Waals surface area contributed by atoms with Gasteiger partial charge in [0.25, 0.3) is 5.91 Å². The van der Waals surface area contributed by atoms with Gasteiger partial charge >= 0.3 is 0 Å². The molecule has 4 heteroatoms. The van der Waals surface area contributed by atoms with Gasteiger partial charge < -0.3 is 4.90 Å². The zero-order valence-electron chi connectivity index (χ0n) is 11.1. The summed E-state index contributed by atoms with van der Waals surface area (Å²) in [5.74, 6) is 0.944. The van der Waals surface area contributed by atoms with Crippen LogP contribution in [0.15, 0.2) is 47.4 Å². The fourth-order valence-corrected chi connectivity index (χ4v) is 3.52. The number of benzene rings is 2. The normalized spacial score (nSPS) is 14.0. The number of carbonyl (C=O) groups excluding carboxylic acids is 1. The number of anilines is 1. The van der Waals surface area contributed by atoms with Crippen molar-refractivity contribution >= 4 is 35.0 Å². The van der Waals surface area contributed by atoms with Gasteiger partial charge in [0.2, 0.25) is 0 Å². The molecule has 0 fully saturated rings. The van der Waals surface area contributed by atoms with Crippen LogP contribution in [0.1, 0.15) is 15.9 Å². The number of nitrogens with zero attached hydrogens (tertiary/aromatic N) is 1. The van der Waals surface area contributed by atoms with Crippen molar-refractivity contribution in [2.45, 2.75) is 11.8 Å². The molecule has 0 saturated heterocycles. The summed E-state index contributed by atoms with van der Waals surface area (Å²) in [5.41, 5.74) is 2.84. The standard InChI is InChI=1S/C16H14ClNOS/c1-11-2-4-12(5-3-11)16(19)18-8-9-20-15-10-13(17)6-7-14(15)18/h2-7,10H,8-9H2,1H3. The van der Waals surface area contributed by atoms with E-state index in [2.05, 4.69) is 0 Å². The van der Waals surface area contributed by atoms with E-state index < -0.39 is 0 Å². The zero-order valence-corrected chi connectivity index (χ0v) is 12.7. The lowest BCUT2D eigenvalue weighted by molar-refractivity contribution is 0.0987. The summed E-state index contributed by atoms with van der Waals surface area (Å²) in [4.78, 5) is 15.6. The second-order valence-electron chi connectivity index (χ2n) is 4.78. The molecule has 1 heterocycles. The Bertz CT molecular complexity index is 654. The number of hydrogen-bond donors (Lipinski definition) is 0. The van der Waals surface area contributed by atoms with E-state index in [1.807, 2.05) is 54.3 Å². The minimum Gasteiger partial charge on any atom is -0.306 e. The molecule has 0 spiro atoms. The smallest absolute Gasteiger partial charge is 0.258 e. The lowest BCUT2D eigenvalue weighted by Crippen LogP contribution is -2.35. The second-order valence-corrected chi connectivity index (χ2v) is 6.36. The first kappa shape index (κ1) is 13.5. The molecule has 0 aromatic heterocycles. The Kier molecular flexibility index (Phi) is 3.72. The lowest BCUT2D eigenvalue weighted by atomic mass is 10.1. The van der Waals surface area contributed by atoms with E-state index in [0.717, 1.165) is 34.0 Å². The Morgan fingerprint density at radius 2 is 1.95 bits per heavy atom. The summed E-state index contributed by atoms with van der Waals surface area (Å²) < 4.78 is 0. The van der Waals surface area contributed by atoms with Crippen LogP contribution in [0, 0.1) is 6.92 Å². The second kappa shape index (κ2) is 5.51. The van der Waals surface area contributed by atoms with Gasteiger partial charge in [-0.15, -0.1) is 11.8 Å². The minimum atomic E-state index is 0.0499. The van der Waals surface area contributed by atoms with Gasteiger partial charge in [-0.1, -0.05) is 29.3 Å². The molecule has 2 aromatic carbocycles. The Morgan fingerprint density at radius 1 is 1.20 bits per heavy atom. The van der Waals surface area contributed by atoms with Crippen LogP contribution in [0.3, 0.4) is 0 Å². The van der Waals surface area contributed by atoms with Crippen LogP contribution in [0.2, 0.25) is 5.02 Å². The van der Waals surface area contributed by atoms with Crippen LogP contribution < -0.4 is 4.90 Å². The van der Waals surface area contributed by atoms with Crippen molar-refractivity contribution in [2.75, 3.05) is 17.2 Å². The van der Waals surface area contributed by atoms with Crippen LogP contribution in [0.5, 0.6) is 0 Å². The Balaban J connectivity index is 1.96. The van der Waals surface area contributed by atoms with E-state index in [-0.39, 0.29) is 5.91 Å². The SMILES string of the molecule is Cc1ccc(C(=O)N2CCSc3cc(Cl)ccc32)cc1. The number of halogens is 1. The van der Waals surface area contributed by atoms with Crippen molar-refractivity contribution in [1.82, 2.24) is 0 Å². The average Bonchev–Trinajstić information content (AvgIpc) is 2.46. The van der Waals surface area contributed by atoms with E-state index in [9.17, 15) is 4.79 Å². The van der Waals surface area contributed by atoms with Gasteiger partial charge in [0.1, 0.15) is 0 Å². The minimum absolute atomic E-state index is 0.0499. The molecule has 0 atom stereocenters. The molecule has 102 valence electrons. The summed E-state index contributed by atoms with van der Waals surface area (Å²) >= 11 is 7.76. The number of rotatable bonds is 1. The van der Waals surface area contributed by atoms with Gasteiger partial charge in [0, 0.05) is 27.8 Å². The van der Waals surface area contributed by atoms with E-state index in [1.165, 1.54) is 0 Å². The van der Waals surface area contributed by atoms with Crippen LogP contribution in [-0.2, 0) is 0 Å².